The van der Waals surface area contributed by atoms with E-state index in [9.17, 15) is 9.18 Å². The minimum Gasteiger partial charge on any atom is -0.481 e. The zero-order chi connectivity index (χ0) is 18.6. The third kappa shape index (κ3) is 3.81. The molecule has 1 aliphatic heterocycles. The normalized spacial score (nSPS) is 16.5. The van der Waals surface area contributed by atoms with E-state index in [1.165, 1.54) is 12.1 Å². The summed E-state index contributed by atoms with van der Waals surface area (Å²) in [7, 11) is 0. The number of hydrogen-bond acceptors (Lipinski definition) is 5. The Morgan fingerprint density at radius 2 is 1.96 bits per heavy atom. The lowest BCUT2D eigenvalue weighted by molar-refractivity contribution is -0.132. The maximum Gasteiger partial charge on any atom is 0.260 e. The molecule has 2 heterocycles. The predicted molar refractivity (Wildman–Crippen MR) is 95.6 cm³/mol. The molecular weight excluding hydrogens is 349 g/mol. The number of hydrogen-bond donors (Lipinski definition) is 0. The van der Waals surface area contributed by atoms with Gasteiger partial charge in [0, 0.05) is 24.6 Å². The van der Waals surface area contributed by atoms with Gasteiger partial charge in [-0.25, -0.2) is 4.39 Å². The van der Waals surface area contributed by atoms with E-state index in [2.05, 4.69) is 10.1 Å². The fourth-order valence-corrected chi connectivity index (χ4v) is 3.09. The Kier molecular flexibility index (Phi) is 4.82. The molecule has 1 unspecified atom stereocenters. The van der Waals surface area contributed by atoms with Crippen molar-refractivity contribution >= 4 is 5.91 Å². The number of likely N-dealkylation sites (tertiary alicyclic amines) is 1. The zero-order valence-electron chi connectivity index (χ0n) is 14.5. The Morgan fingerprint density at radius 3 is 2.78 bits per heavy atom. The molecule has 6 nitrogen and oxygen atoms in total. The number of benzene rings is 2. The first-order valence-corrected chi connectivity index (χ1v) is 8.75. The van der Waals surface area contributed by atoms with Gasteiger partial charge in [0.25, 0.3) is 11.8 Å². The van der Waals surface area contributed by atoms with Crippen molar-refractivity contribution in [3.8, 4) is 17.2 Å². The van der Waals surface area contributed by atoms with Crippen molar-refractivity contribution in [1.29, 1.82) is 0 Å². The van der Waals surface area contributed by atoms with E-state index in [4.69, 9.17) is 9.26 Å². The standard InChI is InChI=1S/C20H18FN3O3/c21-16-8-4-5-9-17(16)26-13-18(25)24-11-10-15(12-24)19-22-20(27-23-19)14-6-2-1-3-7-14/h1-9,15H,10-13H2. The molecule has 1 amide bonds. The molecule has 0 radical (unpaired) electrons. The van der Waals surface area contributed by atoms with Crippen LogP contribution in [-0.4, -0.2) is 40.6 Å². The Morgan fingerprint density at radius 1 is 1.19 bits per heavy atom. The summed E-state index contributed by atoms with van der Waals surface area (Å²) < 4.78 is 24.2. The Balaban J connectivity index is 1.35. The summed E-state index contributed by atoms with van der Waals surface area (Å²) in [5.41, 5.74) is 0.862. The molecule has 2 aromatic carbocycles. The van der Waals surface area contributed by atoms with Gasteiger partial charge in [-0.3, -0.25) is 4.79 Å². The Hall–Kier alpha value is -3.22. The van der Waals surface area contributed by atoms with Gasteiger partial charge in [-0.2, -0.15) is 4.98 Å². The van der Waals surface area contributed by atoms with Gasteiger partial charge >= 0.3 is 0 Å². The van der Waals surface area contributed by atoms with Crippen LogP contribution >= 0.6 is 0 Å². The van der Waals surface area contributed by atoms with Crippen LogP contribution < -0.4 is 4.74 Å². The molecule has 4 rings (SSSR count). The van der Waals surface area contributed by atoms with Crippen LogP contribution in [0.1, 0.15) is 18.2 Å². The highest BCUT2D eigenvalue weighted by molar-refractivity contribution is 5.78. The van der Waals surface area contributed by atoms with Crippen molar-refractivity contribution in [1.82, 2.24) is 15.0 Å². The number of amides is 1. The van der Waals surface area contributed by atoms with Gasteiger partial charge in [0.15, 0.2) is 24.0 Å². The topological polar surface area (TPSA) is 68.5 Å². The number of halogens is 1. The molecule has 1 atom stereocenters. The third-order valence-corrected chi connectivity index (χ3v) is 4.56. The number of ether oxygens (including phenoxy) is 1. The first-order valence-electron chi connectivity index (χ1n) is 8.75. The quantitative estimate of drug-likeness (QED) is 0.692. The van der Waals surface area contributed by atoms with Gasteiger partial charge in [-0.05, 0) is 30.7 Å². The lowest BCUT2D eigenvalue weighted by Gasteiger charge is -2.16. The van der Waals surface area contributed by atoms with Gasteiger partial charge in [0.05, 0.1) is 0 Å². The predicted octanol–water partition coefficient (Wildman–Crippen LogP) is 3.27. The van der Waals surface area contributed by atoms with Crippen molar-refractivity contribution in [2.75, 3.05) is 19.7 Å². The number of para-hydroxylation sites is 1. The minimum atomic E-state index is -0.482. The number of aromatic nitrogens is 2. The van der Waals surface area contributed by atoms with Gasteiger partial charge in [0.1, 0.15) is 0 Å². The van der Waals surface area contributed by atoms with Crippen LogP contribution in [0.4, 0.5) is 4.39 Å². The molecule has 0 saturated carbocycles. The van der Waals surface area contributed by atoms with Crippen molar-refractivity contribution in [3.63, 3.8) is 0 Å². The molecule has 0 N–H and O–H groups in total. The van der Waals surface area contributed by atoms with Crippen molar-refractivity contribution < 1.29 is 18.4 Å². The highest BCUT2D eigenvalue weighted by atomic mass is 19.1. The summed E-state index contributed by atoms with van der Waals surface area (Å²) >= 11 is 0. The smallest absolute Gasteiger partial charge is 0.260 e. The Bertz CT molecular complexity index is 929. The van der Waals surface area contributed by atoms with E-state index in [0.717, 1.165) is 12.0 Å². The molecule has 0 bridgehead atoms. The van der Waals surface area contributed by atoms with Crippen LogP contribution in [0.2, 0.25) is 0 Å². The highest BCUT2D eigenvalue weighted by Crippen LogP contribution is 2.27. The average molecular weight is 367 g/mol. The fraction of sp³-hybridized carbons (Fsp3) is 0.250. The van der Waals surface area contributed by atoms with Crippen molar-refractivity contribution in [2.24, 2.45) is 0 Å². The largest absolute Gasteiger partial charge is 0.481 e. The second-order valence-corrected chi connectivity index (χ2v) is 6.37. The second kappa shape index (κ2) is 7.57. The van der Waals surface area contributed by atoms with E-state index in [1.54, 1.807) is 17.0 Å². The van der Waals surface area contributed by atoms with E-state index < -0.39 is 5.82 Å². The average Bonchev–Trinajstić information content (AvgIpc) is 3.37. The SMILES string of the molecule is O=C(COc1ccccc1F)N1CCC(c2noc(-c3ccccc3)n2)C1. The molecule has 27 heavy (non-hydrogen) atoms. The molecule has 1 saturated heterocycles. The number of carbonyl (C=O) groups is 1. The summed E-state index contributed by atoms with van der Waals surface area (Å²) in [5.74, 6) is 0.491. The van der Waals surface area contributed by atoms with Gasteiger partial charge in [0.2, 0.25) is 0 Å². The van der Waals surface area contributed by atoms with Crippen LogP contribution in [0.3, 0.4) is 0 Å². The molecule has 1 aliphatic rings. The third-order valence-electron chi connectivity index (χ3n) is 4.56. The van der Waals surface area contributed by atoms with E-state index in [-0.39, 0.29) is 24.2 Å². The molecule has 0 spiro atoms. The van der Waals surface area contributed by atoms with Crippen molar-refractivity contribution in [2.45, 2.75) is 12.3 Å². The number of carbonyl (C=O) groups excluding carboxylic acids is 1. The van der Waals surface area contributed by atoms with E-state index in [0.29, 0.717) is 24.8 Å². The van der Waals surface area contributed by atoms with Crippen LogP contribution in [0.15, 0.2) is 59.1 Å². The minimum absolute atomic E-state index is 0.0172. The summed E-state index contributed by atoms with van der Waals surface area (Å²) in [6.07, 6.45) is 0.749. The zero-order valence-corrected chi connectivity index (χ0v) is 14.5. The molecule has 3 aromatic rings. The lowest BCUT2D eigenvalue weighted by Crippen LogP contribution is -2.33. The summed E-state index contributed by atoms with van der Waals surface area (Å²) in [6, 6.07) is 15.6. The maximum atomic E-state index is 13.6. The monoisotopic (exact) mass is 367 g/mol. The fourth-order valence-electron chi connectivity index (χ4n) is 3.09. The van der Waals surface area contributed by atoms with Gasteiger partial charge < -0.3 is 14.2 Å². The number of nitrogens with zero attached hydrogens (tertiary/aromatic N) is 3. The molecular formula is C20H18FN3O3. The first kappa shape index (κ1) is 17.2. The molecule has 7 heteroatoms. The van der Waals surface area contributed by atoms with Crippen molar-refractivity contribution in [3.05, 3.63) is 66.2 Å². The van der Waals surface area contributed by atoms with Crippen LogP contribution in [0.25, 0.3) is 11.5 Å². The molecule has 1 aromatic heterocycles. The summed E-state index contributed by atoms with van der Waals surface area (Å²) in [6.45, 7) is 0.877. The molecule has 138 valence electrons. The molecule has 0 aliphatic carbocycles. The summed E-state index contributed by atoms with van der Waals surface area (Å²) in [5, 5.41) is 4.07. The van der Waals surface area contributed by atoms with Crippen LogP contribution in [0.5, 0.6) is 5.75 Å². The second-order valence-electron chi connectivity index (χ2n) is 6.37. The van der Waals surface area contributed by atoms with Gasteiger partial charge in [-0.1, -0.05) is 35.5 Å². The van der Waals surface area contributed by atoms with Crippen LogP contribution in [-0.2, 0) is 4.79 Å². The first-order chi connectivity index (χ1) is 13.2. The van der Waals surface area contributed by atoms with Crippen LogP contribution in [0, 0.1) is 5.82 Å². The number of rotatable bonds is 5. The van der Waals surface area contributed by atoms with Gasteiger partial charge in [-0.15, -0.1) is 0 Å². The molecule has 1 fully saturated rings. The van der Waals surface area contributed by atoms with E-state index >= 15 is 0 Å². The maximum absolute atomic E-state index is 13.6. The lowest BCUT2D eigenvalue weighted by atomic mass is 10.1. The summed E-state index contributed by atoms with van der Waals surface area (Å²) in [4.78, 5) is 18.5. The Labute approximate surface area is 155 Å². The van der Waals surface area contributed by atoms with E-state index in [1.807, 2.05) is 30.3 Å². The highest BCUT2D eigenvalue weighted by Gasteiger charge is 2.30.